The Kier molecular flexibility index (Phi) is 5.47. The first-order chi connectivity index (χ1) is 12.4. The molecule has 0 aliphatic heterocycles. The lowest BCUT2D eigenvalue weighted by molar-refractivity contribution is -0.137. The highest BCUT2D eigenvalue weighted by atomic mass is 35.5. The van der Waals surface area contributed by atoms with Gasteiger partial charge in [-0.1, -0.05) is 35.9 Å². The second-order valence-electron chi connectivity index (χ2n) is 5.40. The first-order valence-electron chi connectivity index (χ1n) is 7.54. The second kappa shape index (κ2) is 7.63. The van der Waals surface area contributed by atoms with Crippen molar-refractivity contribution in [3.63, 3.8) is 0 Å². The van der Waals surface area contributed by atoms with Crippen molar-refractivity contribution in [1.82, 2.24) is 25.2 Å². The summed E-state index contributed by atoms with van der Waals surface area (Å²) in [6.07, 6.45) is -3.68. The number of hydrogen-bond donors (Lipinski definition) is 0. The van der Waals surface area contributed by atoms with E-state index >= 15 is 0 Å². The van der Waals surface area contributed by atoms with Gasteiger partial charge in [-0.3, -0.25) is 0 Å². The van der Waals surface area contributed by atoms with Crippen LogP contribution in [0.25, 0.3) is 11.4 Å². The van der Waals surface area contributed by atoms with E-state index in [-0.39, 0.29) is 5.02 Å². The van der Waals surface area contributed by atoms with Crippen molar-refractivity contribution >= 4 is 23.4 Å². The van der Waals surface area contributed by atoms with Gasteiger partial charge in [0.1, 0.15) is 5.03 Å². The van der Waals surface area contributed by atoms with Gasteiger partial charge in [0.05, 0.1) is 17.1 Å². The first kappa shape index (κ1) is 18.7. The Labute approximate surface area is 156 Å². The fraction of sp³-hybridized carbons (Fsp3) is 0.250. The Balaban J connectivity index is 1.69. The van der Waals surface area contributed by atoms with Crippen LogP contribution in [-0.4, -0.2) is 30.9 Å². The molecule has 0 aliphatic carbocycles. The Morgan fingerprint density at radius 1 is 1.23 bits per heavy atom. The predicted octanol–water partition coefficient (Wildman–Crippen LogP) is 4.51. The summed E-state index contributed by atoms with van der Waals surface area (Å²) in [6, 6.07) is 8.61. The predicted molar refractivity (Wildman–Crippen MR) is 93.0 cm³/mol. The third kappa shape index (κ3) is 4.16. The van der Waals surface area contributed by atoms with Gasteiger partial charge >= 0.3 is 6.18 Å². The van der Waals surface area contributed by atoms with Crippen LogP contribution in [-0.2, 0) is 12.7 Å². The van der Waals surface area contributed by atoms with Crippen LogP contribution in [0.1, 0.15) is 11.1 Å². The van der Waals surface area contributed by atoms with Gasteiger partial charge in [-0.15, -0.1) is 16.9 Å². The average Bonchev–Trinajstić information content (AvgIpc) is 3.04. The molecule has 0 amide bonds. The summed E-state index contributed by atoms with van der Waals surface area (Å²) < 4.78 is 39.6. The molecule has 0 saturated carbocycles. The highest BCUT2D eigenvalue weighted by molar-refractivity contribution is 7.99. The van der Waals surface area contributed by atoms with E-state index in [0.717, 1.165) is 23.4 Å². The maximum atomic E-state index is 12.6. The molecule has 10 heteroatoms. The summed E-state index contributed by atoms with van der Waals surface area (Å²) >= 11 is 7.16. The van der Waals surface area contributed by atoms with Crippen LogP contribution in [0, 0.1) is 6.92 Å². The zero-order chi connectivity index (χ0) is 18.7. The van der Waals surface area contributed by atoms with E-state index in [4.69, 9.17) is 11.6 Å². The molecule has 0 spiro atoms. The number of benzene rings is 1. The van der Waals surface area contributed by atoms with Crippen LogP contribution in [0.15, 0.2) is 41.6 Å². The molecule has 5 nitrogen and oxygen atoms in total. The number of alkyl halides is 3. The molecule has 0 saturated heterocycles. The fourth-order valence-corrected chi connectivity index (χ4v) is 3.40. The summed E-state index contributed by atoms with van der Waals surface area (Å²) in [5, 5.41) is 12.0. The van der Waals surface area contributed by atoms with Crippen molar-refractivity contribution in [2.75, 3.05) is 5.75 Å². The van der Waals surface area contributed by atoms with E-state index in [1.807, 2.05) is 31.2 Å². The van der Waals surface area contributed by atoms with Crippen LogP contribution in [0.4, 0.5) is 13.2 Å². The molecular formula is C16H13ClF3N5S. The van der Waals surface area contributed by atoms with Gasteiger partial charge in [-0.2, -0.15) is 13.2 Å². The molecule has 136 valence electrons. The molecule has 3 rings (SSSR count). The monoisotopic (exact) mass is 399 g/mol. The van der Waals surface area contributed by atoms with Crippen LogP contribution < -0.4 is 0 Å². The number of nitrogens with zero attached hydrogens (tertiary/aromatic N) is 5. The molecule has 0 aliphatic rings. The van der Waals surface area contributed by atoms with Gasteiger partial charge in [-0.05, 0) is 29.0 Å². The zero-order valence-corrected chi connectivity index (χ0v) is 15.1. The Hall–Kier alpha value is -2.13. The lowest BCUT2D eigenvalue weighted by atomic mass is 10.1. The molecule has 2 aromatic heterocycles. The lowest BCUT2D eigenvalue weighted by Crippen LogP contribution is -2.07. The Morgan fingerprint density at radius 3 is 2.69 bits per heavy atom. The minimum atomic E-state index is -4.46. The van der Waals surface area contributed by atoms with Gasteiger partial charge in [0.15, 0.2) is 5.82 Å². The summed E-state index contributed by atoms with van der Waals surface area (Å²) in [5.41, 5.74) is 1.10. The first-order valence-corrected chi connectivity index (χ1v) is 8.90. The van der Waals surface area contributed by atoms with E-state index in [9.17, 15) is 13.2 Å². The van der Waals surface area contributed by atoms with Gasteiger partial charge in [0, 0.05) is 17.5 Å². The van der Waals surface area contributed by atoms with Gasteiger partial charge < -0.3 is 0 Å². The SMILES string of the molecule is Cc1ccccc1-c1nnnn1CCSc1ncc(C(F)(F)F)cc1Cl. The highest BCUT2D eigenvalue weighted by Gasteiger charge is 2.31. The number of pyridine rings is 1. The third-order valence-corrected chi connectivity index (χ3v) is 4.98. The van der Waals surface area contributed by atoms with E-state index < -0.39 is 11.7 Å². The van der Waals surface area contributed by atoms with Crippen LogP contribution in [0.5, 0.6) is 0 Å². The number of thioether (sulfide) groups is 1. The Morgan fingerprint density at radius 2 is 2.00 bits per heavy atom. The number of aryl methyl sites for hydroxylation is 2. The largest absolute Gasteiger partial charge is 0.417 e. The number of aromatic nitrogens is 5. The quantitative estimate of drug-likeness (QED) is 0.591. The molecular weight excluding hydrogens is 387 g/mol. The average molecular weight is 400 g/mol. The molecule has 0 fully saturated rings. The summed E-state index contributed by atoms with van der Waals surface area (Å²) in [4.78, 5) is 3.81. The summed E-state index contributed by atoms with van der Waals surface area (Å²) in [7, 11) is 0. The van der Waals surface area contributed by atoms with Gasteiger partial charge in [0.25, 0.3) is 0 Å². The smallest absolute Gasteiger partial charge is 0.248 e. The number of halogens is 4. The van der Waals surface area contributed by atoms with Crippen molar-refractivity contribution < 1.29 is 13.2 Å². The lowest BCUT2D eigenvalue weighted by Gasteiger charge is -2.09. The molecule has 0 bridgehead atoms. The van der Waals surface area contributed by atoms with Crippen molar-refractivity contribution in [2.45, 2.75) is 24.7 Å². The number of rotatable bonds is 5. The maximum absolute atomic E-state index is 12.6. The van der Waals surface area contributed by atoms with E-state index in [2.05, 4.69) is 20.5 Å². The molecule has 26 heavy (non-hydrogen) atoms. The van der Waals surface area contributed by atoms with Gasteiger partial charge in [0.2, 0.25) is 0 Å². The summed E-state index contributed by atoms with van der Waals surface area (Å²) in [5.74, 6) is 1.14. The minimum absolute atomic E-state index is 0.0272. The van der Waals surface area contributed by atoms with Crippen LogP contribution in [0.2, 0.25) is 5.02 Å². The van der Waals surface area contributed by atoms with Crippen LogP contribution in [0.3, 0.4) is 0 Å². The van der Waals surface area contributed by atoms with E-state index in [0.29, 0.717) is 23.1 Å². The molecule has 2 heterocycles. The van der Waals surface area contributed by atoms with E-state index in [1.54, 1.807) is 4.68 Å². The number of tetrazole rings is 1. The third-order valence-electron chi connectivity index (χ3n) is 3.59. The molecule has 3 aromatic rings. The van der Waals surface area contributed by atoms with Crippen molar-refractivity contribution in [3.8, 4) is 11.4 Å². The van der Waals surface area contributed by atoms with E-state index in [1.165, 1.54) is 11.8 Å². The highest BCUT2D eigenvalue weighted by Crippen LogP contribution is 2.33. The van der Waals surface area contributed by atoms with Gasteiger partial charge in [-0.25, -0.2) is 9.67 Å². The zero-order valence-electron chi connectivity index (χ0n) is 13.5. The standard InChI is InChI=1S/C16H13ClF3N5S/c1-10-4-2-3-5-12(10)14-22-23-24-25(14)6-7-26-15-13(17)8-11(9-21-15)16(18,19)20/h2-5,8-9H,6-7H2,1H3. The number of hydrogen-bond acceptors (Lipinski definition) is 5. The summed E-state index contributed by atoms with van der Waals surface area (Å²) in [6.45, 7) is 2.43. The molecule has 0 atom stereocenters. The normalized spacial score (nSPS) is 11.7. The Bertz CT molecular complexity index is 913. The molecule has 0 unspecified atom stereocenters. The van der Waals surface area contributed by atoms with Crippen molar-refractivity contribution in [3.05, 3.63) is 52.7 Å². The fourth-order valence-electron chi connectivity index (χ4n) is 2.29. The minimum Gasteiger partial charge on any atom is -0.248 e. The second-order valence-corrected chi connectivity index (χ2v) is 6.89. The molecule has 0 N–H and O–H groups in total. The maximum Gasteiger partial charge on any atom is 0.417 e. The molecule has 0 radical (unpaired) electrons. The van der Waals surface area contributed by atoms with Crippen molar-refractivity contribution in [2.24, 2.45) is 0 Å². The van der Waals surface area contributed by atoms with Crippen molar-refractivity contribution in [1.29, 1.82) is 0 Å². The van der Waals surface area contributed by atoms with Crippen LogP contribution >= 0.6 is 23.4 Å². The molecule has 1 aromatic carbocycles. The topological polar surface area (TPSA) is 56.5 Å².